The van der Waals surface area contributed by atoms with Crippen molar-refractivity contribution < 1.29 is 0 Å². The average molecular weight is 959 g/mol. The normalized spacial score (nSPS) is 12.1. The van der Waals surface area contributed by atoms with E-state index in [4.69, 9.17) is 0 Å². The van der Waals surface area contributed by atoms with Crippen molar-refractivity contribution in [3.8, 4) is 40.4 Å². The first-order valence-corrected chi connectivity index (χ1v) is 28.5. The number of unbranched alkanes of at least 4 members (excludes halogenated alkanes) is 10. The van der Waals surface area contributed by atoms with Gasteiger partial charge in [0.1, 0.15) is 0 Å². The van der Waals surface area contributed by atoms with Crippen LogP contribution in [0.4, 0.5) is 0 Å². The van der Waals surface area contributed by atoms with Gasteiger partial charge in [0.05, 0.1) is 0 Å². The van der Waals surface area contributed by atoms with Crippen LogP contribution in [0.2, 0.25) is 0 Å². The summed E-state index contributed by atoms with van der Waals surface area (Å²) in [6.07, 6.45) is 27.7. The zero-order valence-corrected chi connectivity index (χ0v) is 43.0. The molecule has 0 bridgehead atoms. The Labute approximate surface area is 420 Å². The van der Waals surface area contributed by atoms with E-state index in [-0.39, 0.29) is 0 Å². The van der Waals surface area contributed by atoms with Gasteiger partial charge in [0.2, 0.25) is 0 Å². The minimum atomic E-state index is 1.21. The second-order valence-corrected chi connectivity index (χ2v) is 23.1. The van der Waals surface area contributed by atoms with Crippen molar-refractivity contribution in [3.05, 3.63) is 178 Å². The van der Waals surface area contributed by atoms with Crippen molar-refractivity contribution in [3.63, 3.8) is 0 Å². The molecular weight excluding hydrogens is 897 g/mol. The Morgan fingerprint density at radius 2 is 0.618 bits per heavy atom. The lowest BCUT2D eigenvalue weighted by Crippen LogP contribution is -1.86. The third-order valence-electron chi connectivity index (χ3n) is 13.5. The molecule has 0 saturated carbocycles. The van der Waals surface area contributed by atoms with Gasteiger partial charge in [-0.1, -0.05) is 175 Å². The third kappa shape index (κ3) is 11.2. The lowest BCUT2D eigenvalue weighted by molar-refractivity contribution is 0.609. The summed E-state index contributed by atoms with van der Waals surface area (Å²) in [7, 11) is 0. The van der Waals surface area contributed by atoms with E-state index < -0.39 is 0 Å². The van der Waals surface area contributed by atoms with Gasteiger partial charge in [0.15, 0.2) is 0 Å². The predicted octanol–water partition coefficient (Wildman–Crippen LogP) is 21.6. The van der Waals surface area contributed by atoms with Crippen LogP contribution in [0.1, 0.15) is 123 Å². The maximum Gasteiger partial charge on any atom is 0.0449 e. The minimum absolute atomic E-state index is 1.21. The quantitative estimate of drug-likeness (QED) is 0.0361. The molecule has 0 amide bonds. The summed E-state index contributed by atoms with van der Waals surface area (Å²) < 4.78 is 0. The largest absolute Gasteiger partial charge is 0.139 e. The van der Waals surface area contributed by atoms with E-state index in [1.54, 1.807) is 0 Å². The first kappa shape index (κ1) is 46.4. The number of aryl methyl sites for hydroxylation is 2. The van der Waals surface area contributed by atoms with Gasteiger partial charge in [-0.3, -0.25) is 0 Å². The Balaban J connectivity index is 0.759. The highest BCUT2D eigenvalue weighted by atomic mass is 32.1. The van der Waals surface area contributed by atoms with Gasteiger partial charge in [-0.15, -0.1) is 45.3 Å². The second kappa shape index (κ2) is 22.4. The molecule has 0 aliphatic rings. The molecule has 0 aliphatic heterocycles. The molecule has 6 aromatic carbocycles. The van der Waals surface area contributed by atoms with Crippen LogP contribution >= 0.6 is 45.3 Å². The van der Waals surface area contributed by atoms with Crippen LogP contribution in [0.25, 0.3) is 97.0 Å². The molecule has 342 valence electrons. The van der Waals surface area contributed by atoms with Crippen molar-refractivity contribution in [1.82, 2.24) is 0 Å². The highest BCUT2D eigenvalue weighted by Gasteiger charge is 2.12. The monoisotopic (exact) mass is 958 g/mol. The Hall–Kier alpha value is -5.36. The number of hydrogen-bond acceptors (Lipinski definition) is 4. The highest BCUT2D eigenvalue weighted by Crippen LogP contribution is 2.41. The third-order valence-corrected chi connectivity index (χ3v) is 18.4. The smallest absolute Gasteiger partial charge is 0.0449 e. The van der Waals surface area contributed by atoms with Crippen LogP contribution < -0.4 is 0 Å². The fourth-order valence-corrected chi connectivity index (χ4v) is 14.0. The molecule has 4 heterocycles. The summed E-state index contributed by atoms with van der Waals surface area (Å²) in [4.78, 5) is 11.2. The molecule has 0 saturated heterocycles. The molecule has 0 spiro atoms. The average Bonchev–Trinajstić information content (AvgIpc) is 4.23. The van der Waals surface area contributed by atoms with Crippen molar-refractivity contribution in [2.24, 2.45) is 0 Å². The Morgan fingerprint density at radius 1 is 0.294 bits per heavy atom. The molecule has 10 rings (SSSR count). The summed E-state index contributed by atoms with van der Waals surface area (Å²) in [5.74, 6) is 0. The molecular formula is C64H62S4. The van der Waals surface area contributed by atoms with E-state index in [0.717, 1.165) is 0 Å². The fourth-order valence-electron chi connectivity index (χ4n) is 9.68. The first-order valence-electron chi connectivity index (χ1n) is 25.2. The SMILES string of the molecule is CCCCCCCCc1ccc(-c2ccc(-c3ccc(/C=C/c4cc5ccc6cc(/C=C/c7ccc(-c8ccc(-c9ccc(CCCCCCCC)s9)s8)cc7)cc7ccc(c4)c5c67)cc3)s2)s1. The maximum atomic E-state index is 2.35. The van der Waals surface area contributed by atoms with E-state index in [2.05, 4.69) is 184 Å². The number of benzene rings is 6. The van der Waals surface area contributed by atoms with E-state index in [0.29, 0.717) is 0 Å². The van der Waals surface area contributed by atoms with Gasteiger partial charge in [-0.25, -0.2) is 0 Å². The van der Waals surface area contributed by atoms with Crippen molar-refractivity contribution in [2.75, 3.05) is 0 Å². The van der Waals surface area contributed by atoms with Gasteiger partial charge in [-0.2, -0.15) is 0 Å². The van der Waals surface area contributed by atoms with Crippen LogP contribution in [-0.2, 0) is 12.8 Å². The molecule has 0 atom stereocenters. The molecule has 0 aliphatic carbocycles. The van der Waals surface area contributed by atoms with E-state index >= 15 is 0 Å². The summed E-state index contributed by atoms with van der Waals surface area (Å²) in [6, 6.07) is 55.2. The first-order chi connectivity index (χ1) is 33.6. The number of thiophene rings is 4. The molecule has 0 radical (unpaired) electrons. The lowest BCUT2D eigenvalue weighted by atomic mass is 9.91. The summed E-state index contributed by atoms with van der Waals surface area (Å²) in [5.41, 5.74) is 7.42. The van der Waals surface area contributed by atoms with Crippen LogP contribution in [0.5, 0.6) is 0 Å². The van der Waals surface area contributed by atoms with E-state index in [1.165, 1.54) is 195 Å². The fraction of sp³-hybridized carbons (Fsp3) is 0.250. The van der Waals surface area contributed by atoms with E-state index in [1.807, 2.05) is 45.3 Å². The molecule has 0 nitrogen and oxygen atoms in total. The molecule has 0 N–H and O–H groups in total. The topological polar surface area (TPSA) is 0 Å². The summed E-state index contributed by atoms with van der Waals surface area (Å²) in [5, 5.41) is 7.85. The molecule has 10 aromatic rings. The molecule has 4 aromatic heterocycles. The highest BCUT2D eigenvalue weighted by molar-refractivity contribution is 7.24. The number of hydrogen-bond donors (Lipinski definition) is 0. The van der Waals surface area contributed by atoms with E-state index in [9.17, 15) is 0 Å². The van der Waals surface area contributed by atoms with Crippen LogP contribution in [0, 0.1) is 0 Å². The van der Waals surface area contributed by atoms with Gasteiger partial charge < -0.3 is 0 Å². The zero-order valence-electron chi connectivity index (χ0n) is 39.7. The Morgan fingerprint density at radius 3 is 1.01 bits per heavy atom. The Kier molecular flexibility index (Phi) is 15.3. The van der Waals surface area contributed by atoms with Gasteiger partial charge >= 0.3 is 0 Å². The van der Waals surface area contributed by atoms with Crippen molar-refractivity contribution >= 4 is 102 Å². The minimum Gasteiger partial charge on any atom is -0.139 e. The van der Waals surface area contributed by atoms with Crippen LogP contribution in [0.3, 0.4) is 0 Å². The standard InChI is InChI=1S/C64H62S4/c1-3-5-7-9-11-13-15-55-33-35-59(65-55)61-39-37-57(67-61)49-25-21-45(22-26-49)17-19-47-41-51-29-31-53-43-48(44-54-32-30-52(42-47)63(51)64(53)54)20-18-46-23-27-50(28-24-46)58-38-40-62(68-58)60-36-34-56(66-60)16-14-12-10-8-6-4-2/h17-44H,3-16H2,1-2H3/b19-17+,20-18+. The van der Waals surface area contributed by atoms with Crippen molar-refractivity contribution in [2.45, 2.75) is 104 Å². The second-order valence-electron chi connectivity index (χ2n) is 18.6. The molecule has 0 fully saturated rings. The van der Waals surface area contributed by atoms with Crippen LogP contribution in [0.15, 0.2) is 146 Å². The molecule has 4 heteroatoms. The van der Waals surface area contributed by atoms with Gasteiger partial charge in [0, 0.05) is 39.0 Å². The predicted molar refractivity (Wildman–Crippen MR) is 308 cm³/mol. The summed E-state index contributed by atoms with van der Waals surface area (Å²) in [6.45, 7) is 4.58. The van der Waals surface area contributed by atoms with Crippen LogP contribution in [-0.4, -0.2) is 0 Å². The Bertz CT molecular complexity index is 2960. The maximum absolute atomic E-state index is 2.35. The zero-order chi connectivity index (χ0) is 46.1. The van der Waals surface area contributed by atoms with Gasteiger partial charge in [-0.05, 0) is 164 Å². The van der Waals surface area contributed by atoms with Gasteiger partial charge in [0.25, 0.3) is 0 Å². The molecule has 0 unspecified atom stereocenters. The van der Waals surface area contributed by atoms with Crippen molar-refractivity contribution in [1.29, 1.82) is 0 Å². The number of rotatable bonds is 22. The lowest BCUT2D eigenvalue weighted by Gasteiger charge is -2.12. The summed E-state index contributed by atoms with van der Waals surface area (Å²) >= 11 is 7.76. The molecule has 68 heavy (non-hydrogen) atoms.